The van der Waals surface area contributed by atoms with Crippen LogP contribution in [0.4, 0.5) is 15.8 Å². The Morgan fingerprint density at radius 2 is 2.00 bits per heavy atom. The van der Waals surface area contributed by atoms with Gasteiger partial charge in [-0.3, -0.25) is 19.8 Å². The maximum absolute atomic E-state index is 13.5. The highest BCUT2D eigenvalue weighted by Gasteiger charge is 2.33. The Kier molecular flexibility index (Phi) is 5.42. The summed E-state index contributed by atoms with van der Waals surface area (Å²) in [5, 5.41) is 11.1. The summed E-state index contributed by atoms with van der Waals surface area (Å²) in [4.78, 5) is 24.8. The zero-order valence-corrected chi connectivity index (χ0v) is 17.3. The van der Waals surface area contributed by atoms with Gasteiger partial charge in [0.25, 0.3) is 11.6 Å². The van der Waals surface area contributed by atoms with Crippen molar-refractivity contribution in [2.45, 2.75) is 0 Å². The summed E-state index contributed by atoms with van der Waals surface area (Å²) in [7, 11) is 0. The molecule has 0 atom stereocenters. The summed E-state index contributed by atoms with van der Waals surface area (Å²) >= 11 is 12.2. The summed E-state index contributed by atoms with van der Waals surface area (Å²) in [6.45, 7) is 0. The van der Waals surface area contributed by atoms with Crippen molar-refractivity contribution in [3.05, 3.63) is 86.2 Å². The van der Waals surface area contributed by atoms with Crippen LogP contribution in [0.15, 0.2) is 63.9 Å². The number of hydrogen-bond donors (Lipinski definition) is 0. The first kappa shape index (κ1) is 20.3. The van der Waals surface area contributed by atoms with Gasteiger partial charge in [0, 0.05) is 17.7 Å². The zero-order valence-electron chi connectivity index (χ0n) is 14.9. The lowest BCUT2D eigenvalue weighted by molar-refractivity contribution is -0.384. The quantitative estimate of drug-likeness (QED) is 0.204. The molecule has 1 fully saturated rings. The lowest BCUT2D eigenvalue weighted by Gasteiger charge is -2.14. The number of hydrogen-bond acceptors (Lipinski definition) is 6. The van der Waals surface area contributed by atoms with Gasteiger partial charge in [-0.05, 0) is 42.5 Å². The molecule has 4 rings (SSSR count). The van der Waals surface area contributed by atoms with Crippen molar-refractivity contribution in [1.29, 1.82) is 0 Å². The minimum absolute atomic E-state index is 0.0246. The van der Waals surface area contributed by atoms with Gasteiger partial charge in [0.1, 0.15) is 22.4 Å². The molecule has 1 aromatic heterocycles. The number of carbonyl (C=O) groups excluding carboxylic acids is 1. The maximum atomic E-state index is 13.5. The molecular weight excluding hydrogens is 451 g/mol. The van der Waals surface area contributed by atoms with Gasteiger partial charge < -0.3 is 4.42 Å². The largest absolute Gasteiger partial charge is 0.457 e. The summed E-state index contributed by atoms with van der Waals surface area (Å²) in [5.41, 5.74) is 0.579. The standard InChI is InChI=1S/C20H10ClFN2O4S2/c21-15-6-4-11(8-16(15)24(26)27)17-7-5-14(28-17)10-18-19(25)23(20(29)30-18)13-3-1-2-12(22)9-13/h1-10H. The molecule has 0 aliphatic carbocycles. The van der Waals surface area contributed by atoms with E-state index in [1.54, 1.807) is 24.3 Å². The molecule has 0 radical (unpaired) electrons. The van der Waals surface area contributed by atoms with Crippen LogP contribution in [0.3, 0.4) is 0 Å². The number of amides is 1. The Morgan fingerprint density at radius 1 is 1.20 bits per heavy atom. The van der Waals surface area contributed by atoms with Gasteiger partial charge in [-0.2, -0.15) is 0 Å². The van der Waals surface area contributed by atoms with Crippen LogP contribution in [0.5, 0.6) is 0 Å². The third kappa shape index (κ3) is 3.87. The van der Waals surface area contributed by atoms with Crippen molar-refractivity contribution in [2.75, 3.05) is 4.90 Å². The molecule has 1 aliphatic heterocycles. The highest BCUT2D eigenvalue weighted by molar-refractivity contribution is 8.27. The molecule has 0 unspecified atom stereocenters. The molecule has 0 bridgehead atoms. The summed E-state index contributed by atoms with van der Waals surface area (Å²) in [6.07, 6.45) is 1.52. The molecule has 0 N–H and O–H groups in total. The Morgan fingerprint density at radius 3 is 2.73 bits per heavy atom. The fourth-order valence-corrected chi connectivity index (χ4v) is 4.29. The van der Waals surface area contributed by atoms with E-state index in [9.17, 15) is 19.3 Å². The number of carbonyl (C=O) groups is 1. The number of benzene rings is 2. The van der Waals surface area contributed by atoms with Crippen LogP contribution < -0.4 is 4.90 Å². The third-order valence-corrected chi connectivity index (χ3v) is 5.81. The van der Waals surface area contributed by atoms with Gasteiger partial charge in [-0.1, -0.05) is 41.6 Å². The predicted molar refractivity (Wildman–Crippen MR) is 118 cm³/mol. The molecule has 30 heavy (non-hydrogen) atoms. The topological polar surface area (TPSA) is 76.6 Å². The second kappa shape index (κ2) is 8.02. The molecule has 1 amide bonds. The van der Waals surface area contributed by atoms with Gasteiger partial charge in [0.05, 0.1) is 15.5 Å². The molecular formula is C20H10ClFN2O4S2. The summed E-state index contributed by atoms with van der Waals surface area (Å²) in [6, 6.07) is 13.2. The molecule has 6 nitrogen and oxygen atoms in total. The van der Waals surface area contributed by atoms with Crippen LogP contribution >= 0.6 is 35.6 Å². The number of anilines is 1. The summed E-state index contributed by atoms with van der Waals surface area (Å²) in [5.74, 6) is -0.127. The van der Waals surface area contributed by atoms with Gasteiger partial charge in [-0.15, -0.1) is 0 Å². The van der Waals surface area contributed by atoms with Crippen LogP contribution in [0, 0.1) is 15.9 Å². The van der Waals surface area contributed by atoms with Gasteiger partial charge in [0.15, 0.2) is 4.32 Å². The molecule has 1 saturated heterocycles. The van der Waals surface area contributed by atoms with Crippen molar-refractivity contribution in [3.63, 3.8) is 0 Å². The van der Waals surface area contributed by atoms with E-state index in [0.29, 0.717) is 27.7 Å². The number of halogens is 2. The van der Waals surface area contributed by atoms with E-state index in [1.165, 1.54) is 41.3 Å². The third-order valence-electron chi connectivity index (χ3n) is 4.19. The Bertz CT molecular complexity index is 1240. The first-order valence-electron chi connectivity index (χ1n) is 8.41. The van der Waals surface area contributed by atoms with Crippen LogP contribution in [-0.4, -0.2) is 15.2 Å². The van der Waals surface area contributed by atoms with Crippen LogP contribution in [0.2, 0.25) is 5.02 Å². The molecule has 0 spiro atoms. The van der Waals surface area contributed by atoms with Crippen molar-refractivity contribution < 1.29 is 18.5 Å². The normalized spacial score (nSPS) is 15.3. The van der Waals surface area contributed by atoms with Crippen LogP contribution in [-0.2, 0) is 4.79 Å². The van der Waals surface area contributed by atoms with Crippen LogP contribution in [0.25, 0.3) is 17.4 Å². The lowest BCUT2D eigenvalue weighted by atomic mass is 10.1. The zero-order chi connectivity index (χ0) is 21.4. The number of nitro benzene ring substituents is 1. The van der Waals surface area contributed by atoms with Gasteiger partial charge in [0.2, 0.25) is 0 Å². The van der Waals surface area contributed by atoms with Gasteiger partial charge in [-0.25, -0.2) is 4.39 Å². The first-order valence-corrected chi connectivity index (χ1v) is 10.0. The first-order chi connectivity index (χ1) is 14.3. The molecule has 1 aliphatic rings. The predicted octanol–water partition coefficient (Wildman–Crippen LogP) is 6.05. The fourth-order valence-electron chi connectivity index (χ4n) is 2.83. The average Bonchev–Trinajstić information content (AvgIpc) is 3.26. The molecule has 10 heteroatoms. The molecule has 0 saturated carbocycles. The van der Waals surface area contributed by atoms with E-state index < -0.39 is 16.6 Å². The minimum Gasteiger partial charge on any atom is -0.457 e. The number of thioether (sulfide) groups is 1. The van der Waals surface area contributed by atoms with E-state index in [0.717, 1.165) is 11.8 Å². The number of furan rings is 1. The second-order valence-electron chi connectivity index (χ2n) is 6.12. The van der Waals surface area contributed by atoms with Crippen molar-refractivity contribution in [1.82, 2.24) is 0 Å². The van der Waals surface area contributed by atoms with E-state index in [1.807, 2.05) is 0 Å². The highest BCUT2D eigenvalue weighted by atomic mass is 35.5. The number of nitro groups is 1. The van der Waals surface area contributed by atoms with Crippen molar-refractivity contribution in [2.24, 2.45) is 0 Å². The monoisotopic (exact) mass is 460 g/mol. The molecule has 150 valence electrons. The second-order valence-corrected chi connectivity index (χ2v) is 8.21. The van der Waals surface area contributed by atoms with E-state index in [2.05, 4.69) is 0 Å². The number of thiocarbonyl (C=S) groups is 1. The molecule has 2 heterocycles. The van der Waals surface area contributed by atoms with Crippen molar-refractivity contribution >= 4 is 63.3 Å². The Labute approximate surface area is 184 Å². The number of nitrogens with zero attached hydrogens (tertiary/aromatic N) is 2. The van der Waals surface area contributed by atoms with Crippen LogP contribution in [0.1, 0.15) is 5.76 Å². The van der Waals surface area contributed by atoms with Gasteiger partial charge >= 0.3 is 0 Å². The SMILES string of the molecule is O=C1C(=Cc2ccc(-c3ccc(Cl)c([N+](=O)[O-])c3)o2)SC(=S)N1c1cccc(F)c1. The Balaban J connectivity index is 1.62. The van der Waals surface area contributed by atoms with E-state index in [-0.39, 0.29) is 15.0 Å². The Hall–Kier alpha value is -3.01. The summed E-state index contributed by atoms with van der Waals surface area (Å²) < 4.78 is 19.5. The maximum Gasteiger partial charge on any atom is 0.288 e. The molecule has 2 aromatic carbocycles. The number of rotatable bonds is 4. The molecule has 3 aromatic rings. The van der Waals surface area contributed by atoms with E-state index >= 15 is 0 Å². The minimum atomic E-state index is -0.576. The average molecular weight is 461 g/mol. The smallest absolute Gasteiger partial charge is 0.288 e. The van der Waals surface area contributed by atoms with Crippen molar-refractivity contribution in [3.8, 4) is 11.3 Å². The lowest BCUT2D eigenvalue weighted by Crippen LogP contribution is -2.27. The van der Waals surface area contributed by atoms with E-state index in [4.69, 9.17) is 28.2 Å². The fraction of sp³-hybridized carbons (Fsp3) is 0. The highest BCUT2D eigenvalue weighted by Crippen LogP contribution is 2.37.